The minimum Gasteiger partial charge on any atom is -0.480 e. The number of nitrogens with one attached hydrogen (secondary N) is 2. The van der Waals surface area contributed by atoms with E-state index in [1.807, 2.05) is 0 Å². The van der Waals surface area contributed by atoms with Crippen LogP contribution in [0.15, 0.2) is 4.99 Å². The van der Waals surface area contributed by atoms with Crippen LogP contribution in [0.25, 0.3) is 0 Å². The van der Waals surface area contributed by atoms with Crippen LogP contribution in [0.2, 0.25) is 0 Å². The maximum atomic E-state index is 13.2. The van der Waals surface area contributed by atoms with E-state index in [9.17, 15) is 29.4 Å². The molecule has 0 aromatic rings. The number of nitrogens with zero attached hydrogens (tertiary/aromatic N) is 2. The molecular formula is C20H37N7O6. The lowest BCUT2D eigenvalue weighted by Crippen LogP contribution is -2.59. The van der Waals surface area contributed by atoms with Crippen LogP contribution in [-0.2, 0) is 19.2 Å². The van der Waals surface area contributed by atoms with Gasteiger partial charge in [0.25, 0.3) is 0 Å². The van der Waals surface area contributed by atoms with Gasteiger partial charge in [-0.05, 0) is 38.5 Å². The van der Waals surface area contributed by atoms with Crippen LogP contribution in [0, 0.1) is 5.92 Å². The van der Waals surface area contributed by atoms with Gasteiger partial charge < -0.3 is 42.9 Å². The Morgan fingerprint density at radius 1 is 1.12 bits per heavy atom. The third-order valence-electron chi connectivity index (χ3n) is 5.42. The minimum atomic E-state index is -1.49. The summed E-state index contributed by atoms with van der Waals surface area (Å²) < 4.78 is 0. The van der Waals surface area contributed by atoms with Crippen LogP contribution in [0.1, 0.15) is 46.5 Å². The Labute approximate surface area is 193 Å². The smallest absolute Gasteiger partial charge is 0.328 e. The second-order valence-electron chi connectivity index (χ2n) is 8.54. The van der Waals surface area contributed by atoms with Crippen LogP contribution in [-0.4, -0.2) is 88.1 Å². The van der Waals surface area contributed by atoms with Gasteiger partial charge in [-0.2, -0.15) is 0 Å². The summed E-state index contributed by atoms with van der Waals surface area (Å²) in [4.78, 5) is 54.9. The number of carbonyl (C=O) groups is 4. The van der Waals surface area contributed by atoms with E-state index >= 15 is 0 Å². The van der Waals surface area contributed by atoms with E-state index in [4.69, 9.17) is 17.2 Å². The molecule has 13 nitrogen and oxygen atoms in total. The summed E-state index contributed by atoms with van der Waals surface area (Å²) in [7, 11) is 0. The highest BCUT2D eigenvalue weighted by atomic mass is 16.4. The van der Waals surface area contributed by atoms with Crippen molar-refractivity contribution in [2.75, 3.05) is 13.1 Å². The topological polar surface area (TPSA) is 226 Å². The Hall–Kier alpha value is -2.93. The first kappa shape index (κ1) is 28.1. The van der Waals surface area contributed by atoms with Crippen LogP contribution in [0.3, 0.4) is 0 Å². The lowest BCUT2D eigenvalue weighted by Gasteiger charge is -2.31. The highest BCUT2D eigenvalue weighted by Crippen LogP contribution is 2.21. The van der Waals surface area contributed by atoms with Crippen LogP contribution in [0.5, 0.6) is 0 Å². The van der Waals surface area contributed by atoms with E-state index < -0.39 is 54.0 Å². The largest absolute Gasteiger partial charge is 0.480 e. The number of hydrogen-bond acceptors (Lipinski definition) is 7. The number of likely N-dealkylation sites (tertiary alicyclic amines) is 1. The molecule has 1 aliphatic rings. The summed E-state index contributed by atoms with van der Waals surface area (Å²) in [5.74, 6) is -3.34. The maximum Gasteiger partial charge on any atom is 0.328 e. The summed E-state index contributed by atoms with van der Waals surface area (Å²) in [5.41, 5.74) is 16.4. The fourth-order valence-corrected chi connectivity index (χ4v) is 3.54. The van der Waals surface area contributed by atoms with Gasteiger partial charge in [0, 0.05) is 13.1 Å². The average molecular weight is 472 g/mol. The van der Waals surface area contributed by atoms with Crippen molar-refractivity contribution in [3.63, 3.8) is 0 Å². The Bertz CT molecular complexity index is 738. The molecule has 1 saturated heterocycles. The molecule has 0 aromatic carbocycles. The van der Waals surface area contributed by atoms with Gasteiger partial charge in [-0.25, -0.2) is 4.79 Å². The van der Waals surface area contributed by atoms with E-state index in [0.29, 0.717) is 32.2 Å². The second kappa shape index (κ2) is 12.9. The maximum absolute atomic E-state index is 13.2. The van der Waals surface area contributed by atoms with Crippen molar-refractivity contribution in [3.05, 3.63) is 0 Å². The van der Waals surface area contributed by atoms with Gasteiger partial charge in [0.2, 0.25) is 17.7 Å². The molecule has 1 rings (SSSR count). The number of aliphatic carboxylic acids is 1. The summed E-state index contributed by atoms with van der Waals surface area (Å²) in [5, 5.41) is 23.8. The van der Waals surface area contributed by atoms with Gasteiger partial charge in [0.05, 0.1) is 12.1 Å². The first-order chi connectivity index (χ1) is 15.4. The van der Waals surface area contributed by atoms with Crippen molar-refractivity contribution in [1.82, 2.24) is 15.5 Å². The average Bonchev–Trinajstić information content (AvgIpc) is 3.21. The van der Waals surface area contributed by atoms with E-state index in [1.54, 1.807) is 13.8 Å². The third kappa shape index (κ3) is 8.50. The Balaban J connectivity index is 2.83. The van der Waals surface area contributed by atoms with Crippen molar-refractivity contribution in [3.8, 4) is 0 Å². The van der Waals surface area contributed by atoms with Gasteiger partial charge in [0.15, 0.2) is 12.0 Å². The molecule has 33 heavy (non-hydrogen) atoms. The summed E-state index contributed by atoms with van der Waals surface area (Å²) in [6, 6.07) is -4.17. The molecule has 0 aromatic heterocycles. The lowest BCUT2D eigenvalue weighted by atomic mass is 10.0. The fraction of sp³-hybridized carbons (Fsp3) is 0.750. The fourth-order valence-electron chi connectivity index (χ4n) is 3.54. The molecule has 5 atom stereocenters. The molecule has 10 N–H and O–H groups in total. The quantitative estimate of drug-likeness (QED) is 0.0901. The van der Waals surface area contributed by atoms with E-state index in [-0.39, 0.29) is 18.4 Å². The number of carboxylic acid groups (broad SMARTS) is 1. The molecule has 0 radical (unpaired) electrons. The number of carboxylic acids is 1. The van der Waals surface area contributed by atoms with Gasteiger partial charge in [-0.1, -0.05) is 13.8 Å². The van der Waals surface area contributed by atoms with Gasteiger partial charge in [0.1, 0.15) is 12.1 Å². The van der Waals surface area contributed by atoms with E-state index in [0.717, 1.165) is 0 Å². The van der Waals surface area contributed by atoms with Crippen molar-refractivity contribution < 1.29 is 29.4 Å². The summed E-state index contributed by atoms with van der Waals surface area (Å²) in [6.07, 6.45) is 0.362. The number of carbonyl (C=O) groups excluding carboxylic acids is 3. The van der Waals surface area contributed by atoms with Crippen molar-refractivity contribution in [1.29, 1.82) is 0 Å². The zero-order chi connectivity index (χ0) is 25.3. The third-order valence-corrected chi connectivity index (χ3v) is 5.42. The predicted molar refractivity (Wildman–Crippen MR) is 121 cm³/mol. The number of amides is 3. The van der Waals surface area contributed by atoms with Crippen LogP contribution >= 0.6 is 0 Å². The molecule has 188 valence electrons. The number of guanidine groups is 1. The van der Waals surface area contributed by atoms with E-state index in [2.05, 4.69) is 15.6 Å². The van der Waals surface area contributed by atoms with Crippen molar-refractivity contribution >= 4 is 29.7 Å². The normalized spacial score (nSPS) is 19.3. The lowest BCUT2D eigenvalue weighted by molar-refractivity contribution is -0.147. The molecule has 1 aliphatic heterocycles. The molecule has 1 fully saturated rings. The number of nitrogens with two attached hydrogens (primary N) is 3. The Kier molecular flexibility index (Phi) is 11.0. The molecule has 0 aliphatic carbocycles. The first-order valence-corrected chi connectivity index (χ1v) is 11.0. The van der Waals surface area contributed by atoms with Crippen molar-refractivity contribution in [2.24, 2.45) is 28.1 Å². The minimum absolute atomic E-state index is 0.0502. The SMILES string of the molecule is CC(C)C(NC(=O)C(N)CCCN=C(N)N)C(=O)N1CCCC1C(=O)NC(C(=O)O)C(C)O. The Morgan fingerprint density at radius 2 is 1.76 bits per heavy atom. The monoisotopic (exact) mass is 471 g/mol. The molecule has 0 bridgehead atoms. The number of hydrogen-bond donors (Lipinski definition) is 7. The zero-order valence-electron chi connectivity index (χ0n) is 19.4. The molecular weight excluding hydrogens is 434 g/mol. The van der Waals surface area contributed by atoms with Gasteiger partial charge in [-0.15, -0.1) is 0 Å². The van der Waals surface area contributed by atoms with Crippen molar-refractivity contribution in [2.45, 2.75) is 76.7 Å². The number of aliphatic imine (C=N–C) groups is 1. The molecule has 3 amide bonds. The van der Waals surface area contributed by atoms with Gasteiger partial charge >= 0.3 is 5.97 Å². The standard InChI is InChI=1S/C20H37N7O6/c1-10(2)14(25-16(29)12(21)6-4-8-24-20(22)23)18(31)27-9-5-7-13(27)17(30)26-15(11(3)28)19(32)33/h10-15,28H,4-9,21H2,1-3H3,(H,25,29)(H,26,30)(H,32,33)(H4,22,23,24). The first-order valence-electron chi connectivity index (χ1n) is 11.0. The molecule has 0 spiro atoms. The molecule has 0 saturated carbocycles. The summed E-state index contributed by atoms with van der Waals surface area (Å²) in [6.45, 7) is 5.37. The number of aliphatic hydroxyl groups is 1. The van der Waals surface area contributed by atoms with Crippen LogP contribution < -0.4 is 27.8 Å². The molecule has 1 heterocycles. The predicted octanol–water partition coefficient (Wildman–Crippen LogP) is -2.55. The summed E-state index contributed by atoms with van der Waals surface area (Å²) >= 11 is 0. The number of aliphatic hydroxyl groups excluding tert-OH is 1. The molecule has 13 heteroatoms. The second-order valence-corrected chi connectivity index (χ2v) is 8.54. The van der Waals surface area contributed by atoms with Crippen LogP contribution in [0.4, 0.5) is 0 Å². The van der Waals surface area contributed by atoms with E-state index in [1.165, 1.54) is 11.8 Å². The number of rotatable bonds is 12. The Morgan fingerprint density at radius 3 is 2.27 bits per heavy atom. The highest BCUT2D eigenvalue weighted by Gasteiger charge is 2.40. The molecule has 5 unspecified atom stereocenters. The van der Waals surface area contributed by atoms with Gasteiger partial charge in [-0.3, -0.25) is 19.4 Å². The zero-order valence-corrected chi connectivity index (χ0v) is 19.4. The highest BCUT2D eigenvalue weighted by molar-refractivity contribution is 5.94.